The molecule has 0 aromatic heterocycles. The number of carbonyl (C=O) groups is 1. The first-order chi connectivity index (χ1) is 5.55. The first-order valence-electron chi connectivity index (χ1n) is 4.06. The second-order valence-corrected chi connectivity index (χ2v) is 3.24. The highest BCUT2D eigenvalue weighted by molar-refractivity contribution is 5.50. The number of alkyl halides is 3. The van der Waals surface area contributed by atoms with Crippen molar-refractivity contribution in [3.8, 4) is 0 Å². The van der Waals surface area contributed by atoms with Crippen LogP contribution in [0.5, 0.6) is 0 Å². The van der Waals surface area contributed by atoms with Crippen LogP contribution >= 0.6 is 0 Å². The van der Waals surface area contributed by atoms with E-state index in [0.717, 1.165) is 6.42 Å². The fraction of sp³-hybridized carbons (Fsp3) is 0.875. The van der Waals surface area contributed by atoms with E-state index < -0.39 is 12.1 Å². The molecule has 1 nitrogen and oxygen atoms in total. The molecule has 0 bridgehead atoms. The second kappa shape index (κ2) is 3.46. The van der Waals surface area contributed by atoms with Gasteiger partial charge in [-0.15, -0.1) is 0 Å². The number of carbonyl (C=O) groups excluding carboxylic acids is 1. The van der Waals surface area contributed by atoms with Gasteiger partial charge < -0.3 is 4.79 Å². The van der Waals surface area contributed by atoms with Crippen molar-refractivity contribution in [1.82, 2.24) is 0 Å². The molecule has 0 saturated heterocycles. The summed E-state index contributed by atoms with van der Waals surface area (Å²) in [5.41, 5.74) is 0. The van der Waals surface area contributed by atoms with Gasteiger partial charge in [0.05, 0.1) is 5.92 Å². The normalized spacial score (nSPS) is 21.6. The summed E-state index contributed by atoms with van der Waals surface area (Å²) >= 11 is 0. The Labute approximate surface area is 68.9 Å². The van der Waals surface area contributed by atoms with Crippen molar-refractivity contribution in [2.24, 2.45) is 11.8 Å². The minimum Gasteiger partial charge on any atom is -0.303 e. The zero-order valence-electron chi connectivity index (χ0n) is 6.60. The third-order valence-electron chi connectivity index (χ3n) is 2.49. The molecule has 1 rings (SSSR count). The van der Waals surface area contributed by atoms with Crippen molar-refractivity contribution < 1.29 is 18.0 Å². The van der Waals surface area contributed by atoms with Gasteiger partial charge in [-0.05, 0) is 18.8 Å². The molecule has 0 heterocycles. The summed E-state index contributed by atoms with van der Waals surface area (Å²) in [5.74, 6) is -1.68. The van der Waals surface area contributed by atoms with Gasteiger partial charge in [-0.25, -0.2) is 0 Å². The Balaban J connectivity index is 2.53. The monoisotopic (exact) mass is 180 g/mol. The molecule has 70 valence electrons. The molecule has 1 aliphatic rings. The largest absolute Gasteiger partial charge is 0.392 e. The third-order valence-corrected chi connectivity index (χ3v) is 2.49. The Bertz CT molecular complexity index is 160. The lowest BCUT2D eigenvalue weighted by atomic mass is 9.74. The van der Waals surface area contributed by atoms with Crippen LogP contribution in [0.3, 0.4) is 0 Å². The van der Waals surface area contributed by atoms with Gasteiger partial charge in [0.2, 0.25) is 0 Å². The predicted molar refractivity (Wildman–Crippen MR) is 37.6 cm³/mol. The van der Waals surface area contributed by atoms with Gasteiger partial charge in [0, 0.05) is 6.42 Å². The third kappa shape index (κ3) is 1.99. The first kappa shape index (κ1) is 9.55. The standard InChI is InChI=1S/C8H11F3O/c9-8(10,11)7(4-5-12)6-2-1-3-6/h5-7H,1-4H2. The molecule has 1 unspecified atom stereocenters. The average Bonchev–Trinajstić information content (AvgIpc) is 1.80. The molecular formula is C8H11F3O. The van der Waals surface area contributed by atoms with Gasteiger partial charge >= 0.3 is 6.18 Å². The predicted octanol–water partition coefficient (Wildman–Crippen LogP) is 2.55. The van der Waals surface area contributed by atoms with Gasteiger partial charge in [-0.1, -0.05) is 6.42 Å². The summed E-state index contributed by atoms with van der Waals surface area (Å²) in [5, 5.41) is 0. The SMILES string of the molecule is O=CCC(C1CCC1)C(F)(F)F. The molecule has 1 atom stereocenters. The molecule has 0 radical (unpaired) electrons. The fourth-order valence-electron chi connectivity index (χ4n) is 1.54. The van der Waals surface area contributed by atoms with E-state index in [1.165, 1.54) is 0 Å². The lowest BCUT2D eigenvalue weighted by molar-refractivity contribution is -0.197. The molecule has 0 aromatic carbocycles. The number of aldehydes is 1. The van der Waals surface area contributed by atoms with Crippen LogP contribution in [0.1, 0.15) is 25.7 Å². The maximum atomic E-state index is 12.2. The topological polar surface area (TPSA) is 17.1 Å². The summed E-state index contributed by atoms with van der Waals surface area (Å²) in [7, 11) is 0. The molecule has 0 aromatic rings. The van der Waals surface area contributed by atoms with Crippen molar-refractivity contribution in [2.75, 3.05) is 0 Å². The number of hydrogen-bond acceptors (Lipinski definition) is 1. The zero-order chi connectivity index (χ0) is 9.19. The second-order valence-electron chi connectivity index (χ2n) is 3.24. The molecule has 0 spiro atoms. The van der Waals surface area contributed by atoms with Gasteiger partial charge in [-0.3, -0.25) is 0 Å². The molecule has 12 heavy (non-hydrogen) atoms. The van der Waals surface area contributed by atoms with Crippen LogP contribution in [-0.2, 0) is 4.79 Å². The summed E-state index contributed by atoms with van der Waals surface area (Å²) in [4.78, 5) is 10.0. The Morgan fingerprint density at radius 1 is 1.42 bits per heavy atom. The van der Waals surface area contributed by atoms with Crippen molar-refractivity contribution >= 4 is 6.29 Å². The van der Waals surface area contributed by atoms with E-state index >= 15 is 0 Å². The van der Waals surface area contributed by atoms with Crippen molar-refractivity contribution in [1.29, 1.82) is 0 Å². The summed E-state index contributed by atoms with van der Waals surface area (Å²) in [6, 6.07) is 0. The molecule has 1 saturated carbocycles. The van der Waals surface area contributed by atoms with E-state index in [1.54, 1.807) is 0 Å². The fourth-order valence-corrected chi connectivity index (χ4v) is 1.54. The van der Waals surface area contributed by atoms with Gasteiger partial charge in [0.25, 0.3) is 0 Å². The van der Waals surface area contributed by atoms with Crippen LogP contribution in [-0.4, -0.2) is 12.5 Å². The van der Waals surface area contributed by atoms with Gasteiger partial charge in [-0.2, -0.15) is 13.2 Å². The molecule has 0 aliphatic heterocycles. The molecular weight excluding hydrogens is 169 g/mol. The Morgan fingerprint density at radius 3 is 2.25 bits per heavy atom. The van der Waals surface area contributed by atoms with Crippen LogP contribution in [0.25, 0.3) is 0 Å². The van der Waals surface area contributed by atoms with Crippen LogP contribution in [0.2, 0.25) is 0 Å². The van der Waals surface area contributed by atoms with Crippen LogP contribution in [0.4, 0.5) is 13.2 Å². The van der Waals surface area contributed by atoms with E-state index in [2.05, 4.69) is 0 Å². The van der Waals surface area contributed by atoms with Crippen molar-refractivity contribution in [3.63, 3.8) is 0 Å². The van der Waals surface area contributed by atoms with Crippen molar-refractivity contribution in [3.05, 3.63) is 0 Å². The number of hydrogen-bond donors (Lipinski definition) is 0. The van der Waals surface area contributed by atoms with E-state index in [9.17, 15) is 18.0 Å². The smallest absolute Gasteiger partial charge is 0.303 e. The van der Waals surface area contributed by atoms with Crippen molar-refractivity contribution in [2.45, 2.75) is 31.9 Å². The summed E-state index contributed by atoms with van der Waals surface area (Å²) in [6.07, 6.45) is -2.07. The summed E-state index contributed by atoms with van der Waals surface area (Å²) in [6.45, 7) is 0. The highest BCUT2D eigenvalue weighted by atomic mass is 19.4. The van der Waals surface area contributed by atoms with E-state index in [1.807, 2.05) is 0 Å². The molecule has 1 aliphatic carbocycles. The van der Waals surface area contributed by atoms with Crippen LogP contribution in [0.15, 0.2) is 0 Å². The minimum absolute atomic E-state index is 0.296. The average molecular weight is 180 g/mol. The molecule has 0 N–H and O–H groups in total. The van der Waals surface area contributed by atoms with E-state index in [4.69, 9.17) is 0 Å². The maximum Gasteiger partial charge on any atom is 0.392 e. The highest BCUT2D eigenvalue weighted by Crippen LogP contribution is 2.43. The number of rotatable bonds is 3. The minimum atomic E-state index is -4.19. The van der Waals surface area contributed by atoms with Crippen LogP contribution < -0.4 is 0 Å². The first-order valence-corrected chi connectivity index (χ1v) is 4.06. The molecule has 1 fully saturated rings. The Hall–Kier alpha value is -0.540. The maximum absolute atomic E-state index is 12.2. The van der Waals surface area contributed by atoms with Crippen LogP contribution in [0, 0.1) is 11.8 Å². The Kier molecular flexibility index (Phi) is 2.75. The lowest BCUT2D eigenvalue weighted by Crippen LogP contribution is -2.34. The zero-order valence-corrected chi connectivity index (χ0v) is 6.60. The van der Waals surface area contributed by atoms with Gasteiger partial charge in [0.15, 0.2) is 0 Å². The Morgan fingerprint density at radius 2 is 2.00 bits per heavy atom. The van der Waals surface area contributed by atoms with Gasteiger partial charge in [0.1, 0.15) is 6.29 Å². The number of halogens is 3. The molecule has 4 heteroatoms. The van der Waals surface area contributed by atoms with E-state index in [0.29, 0.717) is 19.1 Å². The quantitative estimate of drug-likeness (QED) is 0.610. The summed E-state index contributed by atoms with van der Waals surface area (Å²) < 4.78 is 36.7. The lowest BCUT2D eigenvalue weighted by Gasteiger charge is -2.33. The van der Waals surface area contributed by atoms with E-state index in [-0.39, 0.29) is 12.3 Å². The highest BCUT2D eigenvalue weighted by Gasteiger charge is 2.45. The molecule has 0 amide bonds.